The van der Waals surface area contributed by atoms with Crippen molar-refractivity contribution in [2.24, 2.45) is 5.41 Å². The maximum atomic E-state index is 6.38. The lowest BCUT2D eigenvalue weighted by Crippen LogP contribution is -2.57. The zero-order chi connectivity index (χ0) is 14.9. The number of alkyl halides is 1. The van der Waals surface area contributed by atoms with E-state index in [-0.39, 0.29) is 0 Å². The summed E-state index contributed by atoms with van der Waals surface area (Å²) in [7, 11) is 1.73. The van der Waals surface area contributed by atoms with Crippen LogP contribution in [0.2, 0.25) is 0 Å². The van der Waals surface area contributed by atoms with E-state index in [1.54, 1.807) is 7.11 Å². The number of hydrogen-bond acceptors (Lipinski definition) is 2. The van der Waals surface area contributed by atoms with Gasteiger partial charge in [-0.1, -0.05) is 48.2 Å². The Hall–Kier alpha value is -0.700. The number of aryl methyl sites for hydroxylation is 1. The molecule has 2 nitrogen and oxygen atoms in total. The van der Waals surface area contributed by atoms with Gasteiger partial charge in [0.2, 0.25) is 0 Å². The molecule has 2 aliphatic rings. The first-order chi connectivity index (χ1) is 10.2. The summed E-state index contributed by atoms with van der Waals surface area (Å²) in [5, 5.41) is 0. The molecule has 3 heteroatoms. The zero-order valence-corrected chi connectivity index (χ0v) is 14.6. The van der Waals surface area contributed by atoms with Crippen molar-refractivity contribution >= 4 is 15.9 Å². The van der Waals surface area contributed by atoms with Gasteiger partial charge in [0.25, 0.3) is 0 Å². The molecule has 0 N–H and O–H groups in total. The Morgan fingerprint density at radius 2 is 1.95 bits per heavy atom. The van der Waals surface area contributed by atoms with Crippen LogP contribution in [0.15, 0.2) is 18.2 Å². The van der Waals surface area contributed by atoms with Gasteiger partial charge in [-0.25, -0.2) is 0 Å². The topological polar surface area (TPSA) is 18.5 Å². The van der Waals surface area contributed by atoms with Crippen LogP contribution >= 0.6 is 15.9 Å². The SMILES string of the molecule is CCc1ccc(OC2CC(Br)C23CCCCC3)c(OC)c1. The van der Waals surface area contributed by atoms with Crippen molar-refractivity contribution in [3.63, 3.8) is 0 Å². The van der Waals surface area contributed by atoms with Gasteiger partial charge in [0.05, 0.1) is 7.11 Å². The molecule has 1 aromatic carbocycles. The lowest BCUT2D eigenvalue weighted by Gasteiger charge is -2.55. The third-order valence-corrected chi connectivity index (χ3v) is 6.66. The van der Waals surface area contributed by atoms with Crippen LogP contribution in [0.5, 0.6) is 11.5 Å². The molecule has 0 amide bonds. The molecular formula is C18H25BrO2. The molecule has 21 heavy (non-hydrogen) atoms. The highest BCUT2D eigenvalue weighted by Crippen LogP contribution is 2.56. The van der Waals surface area contributed by atoms with Gasteiger partial charge in [0, 0.05) is 10.2 Å². The number of hydrogen-bond donors (Lipinski definition) is 0. The molecule has 2 aliphatic carbocycles. The molecule has 0 heterocycles. The molecule has 0 aromatic heterocycles. The van der Waals surface area contributed by atoms with E-state index in [4.69, 9.17) is 9.47 Å². The van der Waals surface area contributed by atoms with Crippen molar-refractivity contribution in [2.45, 2.75) is 62.8 Å². The molecule has 2 fully saturated rings. The van der Waals surface area contributed by atoms with Gasteiger partial charge < -0.3 is 9.47 Å². The van der Waals surface area contributed by atoms with Gasteiger partial charge in [0.15, 0.2) is 11.5 Å². The molecule has 0 saturated heterocycles. The Balaban J connectivity index is 1.77. The van der Waals surface area contributed by atoms with Crippen LogP contribution in [-0.4, -0.2) is 18.0 Å². The summed E-state index contributed by atoms with van der Waals surface area (Å²) in [6, 6.07) is 6.33. The minimum atomic E-state index is 0.337. The smallest absolute Gasteiger partial charge is 0.161 e. The predicted molar refractivity (Wildman–Crippen MR) is 89.6 cm³/mol. The summed E-state index contributed by atoms with van der Waals surface area (Å²) in [6.45, 7) is 2.16. The van der Waals surface area contributed by atoms with Crippen LogP contribution in [0.25, 0.3) is 0 Å². The second-order valence-electron chi connectivity index (χ2n) is 6.44. The Bertz CT molecular complexity index is 494. The highest BCUT2D eigenvalue weighted by Gasteiger charge is 2.55. The maximum absolute atomic E-state index is 6.38. The Labute approximate surface area is 136 Å². The number of benzene rings is 1. The first kappa shape index (κ1) is 15.2. The molecule has 116 valence electrons. The van der Waals surface area contributed by atoms with Crippen LogP contribution < -0.4 is 9.47 Å². The molecule has 2 saturated carbocycles. The zero-order valence-electron chi connectivity index (χ0n) is 13.0. The van der Waals surface area contributed by atoms with E-state index in [9.17, 15) is 0 Å². The summed E-state index contributed by atoms with van der Waals surface area (Å²) >= 11 is 3.88. The van der Waals surface area contributed by atoms with Crippen LogP contribution in [0.3, 0.4) is 0 Å². The van der Waals surface area contributed by atoms with Gasteiger partial charge in [0.1, 0.15) is 6.10 Å². The minimum Gasteiger partial charge on any atom is -0.493 e. The number of ether oxygens (including phenoxy) is 2. The Morgan fingerprint density at radius 3 is 2.57 bits per heavy atom. The molecule has 0 radical (unpaired) electrons. The first-order valence-corrected chi connectivity index (χ1v) is 9.09. The first-order valence-electron chi connectivity index (χ1n) is 8.17. The largest absolute Gasteiger partial charge is 0.493 e. The summed E-state index contributed by atoms with van der Waals surface area (Å²) in [6.07, 6.45) is 9.12. The molecule has 0 aliphatic heterocycles. The van der Waals surface area contributed by atoms with E-state index >= 15 is 0 Å². The van der Waals surface area contributed by atoms with Crippen LogP contribution in [0.1, 0.15) is 51.0 Å². The highest BCUT2D eigenvalue weighted by atomic mass is 79.9. The molecule has 0 bridgehead atoms. The summed E-state index contributed by atoms with van der Waals surface area (Å²) in [5.41, 5.74) is 1.64. The Morgan fingerprint density at radius 1 is 1.19 bits per heavy atom. The third kappa shape index (κ3) is 2.69. The average Bonchev–Trinajstić information content (AvgIpc) is 2.55. The predicted octanol–water partition coefficient (Wildman–Crippen LogP) is 5.12. The van der Waals surface area contributed by atoms with Gasteiger partial charge in [-0.3, -0.25) is 0 Å². The quantitative estimate of drug-likeness (QED) is 0.699. The van der Waals surface area contributed by atoms with Crippen molar-refractivity contribution in [3.8, 4) is 11.5 Å². The van der Waals surface area contributed by atoms with E-state index < -0.39 is 0 Å². The van der Waals surface area contributed by atoms with Crippen molar-refractivity contribution < 1.29 is 9.47 Å². The van der Waals surface area contributed by atoms with Crippen molar-refractivity contribution in [1.82, 2.24) is 0 Å². The van der Waals surface area contributed by atoms with E-state index in [0.717, 1.165) is 24.3 Å². The number of methoxy groups -OCH3 is 1. The van der Waals surface area contributed by atoms with Gasteiger partial charge in [-0.15, -0.1) is 0 Å². The van der Waals surface area contributed by atoms with Crippen molar-refractivity contribution in [2.75, 3.05) is 7.11 Å². The molecule has 2 unspecified atom stereocenters. The second-order valence-corrected chi connectivity index (χ2v) is 7.55. The lowest BCUT2D eigenvalue weighted by molar-refractivity contribution is -0.0610. The Kier molecular flexibility index (Phi) is 4.49. The third-order valence-electron chi connectivity index (χ3n) is 5.38. The van der Waals surface area contributed by atoms with Crippen LogP contribution in [0, 0.1) is 5.41 Å². The molecule has 2 atom stereocenters. The molecule has 1 aromatic rings. The van der Waals surface area contributed by atoms with Gasteiger partial charge in [-0.05, 0) is 43.4 Å². The van der Waals surface area contributed by atoms with Gasteiger partial charge in [-0.2, -0.15) is 0 Å². The molecule has 1 spiro atoms. The standard InChI is InChI=1S/C18H25BrO2/c1-3-13-7-8-14(15(11-13)20-2)21-17-12-16(19)18(17)9-5-4-6-10-18/h7-8,11,16-17H,3-6,9-10,12H2,1-2H3. The monoisotopic (exact) mass is 352 g/mol. The number of halogens is 1. The fraction of sp³-hybridized carbons (Fsp3) is 0.667. The average molecular weight is 353 g/mol. The second kappa shape index (κ2) is 6.20. The van der Waals surface area contributed by atoms with Gasteiger partial charge >= 0.3 is 0 Å². The summed E-state index contributed by atoms with van der Waals surface area (Å²) in [4.78, 5) is 0.621. The fourth-order valence-electron chi connectivity index (χ4n) is 3.89. The van der Waals surface area contributed by atoms with E-state index in [0.29, 0.717) is 16.3 Å². The fourth-order valence-corrected chi connectivity index (χ4v) is 4.98. The van der Waals surface area contributed by atoms with Crippen molar-refractivity contribution in [3.05, 3.63) is 23.8 Å². The van der Waals surface area contributed by atoms with E-state index in [1.165, 1.54) is 37.7 Å². The molecular weight excluding hydrogens is 328 g/mol. The van der Waals surface area contributed by atoms with Crippen LogP contribution in [0.4, 0.5) is 0 Å². The summed E-state index contributed by atoms with van der Waals surface area (Å²) in [5.74, 6) is 1.78. The van der Waals surface area contributed by atoms with E-state index in [2.05, 4.69) is 41.1 Å². The minimum absolute atomic E-state index is 0.337. The maximum Gasteiger partial charge on any atom is 0.161 e. The molecule has 3 rings (SSSR count). The highest BCUT2D eigenvalue weighted by molar-refractivity contribution is 9.09. The van der Waals surface area contributed by atoms with Crippen LogP contribution in [-0.2, 0) is 6.42 Å². The number of rotatable bonds is 4. The summed E-state index contributed by atoms with van der Waals surface area (Å²) < 4.78 is 11.9. The lowest BCUT2D eigenvalue weighted by atomic mass is 9.58. The van der Waals surface area contributed by atoms with E-state index in [1.807, 2.05) is 0 Å². The van der Waals surface area contributed by atoms with Crippen molar-refractivity contribution in [1.29, 1.82) is 0 Å². The normalized spacial score (nSPS) is 27.2.